The van der Waals surface area contributed by atoms with Gasteiger partial charge in [-0.15, -0.1) is 0 Å². The van der Waals surface area contributed by atoms with E-state index in [1.807, 2.05) is 0 Å². The molecule has 1 saturated carbocycles. The van der Waals surface area contributed by atoms with Crippen molar-refractivity contribution in [1.82, 2.24) is 15.3 Å². The van der Waals surface area contributed by atoms with Gasteiger partial charge in [0.25, 0.3) is 0 Å². The average molecular weight is 626 g/mol. The number of hydrogen-bond donors (Lipinski definition) is 3. The molecule has 228 valence electrons. The smallest absolute Gasteiger partial charge is 0.407 e. The summed E-state index contributed by atoms with van der Waals surface area (Å²) in [6.45, 7) is 5.31. The number of carboxylic acids is 1. The lowest BCUT2D eigenvalue weighted by molar-refractivity contribution is -0.143. The lowest BCUT2D eigenvalue weighted by atomic mass is 9.82. The third-order valence-electron chi connectivity index (χ3n) is 7.04. The molecule has 42 heavy (non-hydrogen) atoms. The Morgan fingerprint density at radius 3 is 2.31 bits per heavy atom. The number of aliphatic carboxylic acids is 1. The Morgan fingerprint density at radius 2 is 1.74 bits per heavy atom. The first-order chi connectivity index (χ1) is 19.7. The molecule has 2 aliphatic rings. The first-order valence-electron chi connectivity index (χ1n) is 13.2. The Hall–Kier alpha value is -3.71. The zero-order valence-corrected chi connectivity index (χ0v) is 25.7. The Kier molecular flexibility index (Phi) is 9.12. The van der Waals surface area contributed by atoms with Crippen molar-refractivity contribution in [1.29, 1.82) is 0 Å². The van der Waals surface area contributed by atoms with E-state index in [9.17, 15) is 19.5 Å². The highest BCUT2D eigenvalue weighted by atomic mass is 35.5. The summed E-state index contributed by atoms with van der Waals surface area (Å²) in [4.78, 5) is 49.5. The Balaban J connectivity index is 1.59. The second-order valence-corrected chi connectivity index (χ2v) is 11.8. The summed E-state index contributed by atoms with van der Waals surface area (Å²) < 4.78 is 16.1. The Morgan fingerprint density at radius 1 is 1.10 bits per heavy atom. The zero-order valence-electron chi connectivity index (χ0n) is 24.2. The molecule has 2 heterocycles. The number of carboxylic acid groups (broad SMARTS) is 1. The summed E-state index contributed by atoms with van der Waals surface area (Å²) in [5.41, 5.74) is 0.130. The minimum Gasteiger partial charge on any atom is -0.495 e. The molecule has 0 spiro atoms. The molecule has 3 atom stereocenters. The monoisotopic (exact) mass is 624 g/mol. The van der Waals surface area contributed by atoms with Gasteiger partial charge < -0.3 is 30.0 Å². The van der Waals surface area contributed by atoms with E-state index < -0.39 is 35.7 Å². The van der Waals surface area contributed by atoms with Crippen LogP contribution in [0.1, 0.15) is 45.6 Å². The molecule has 3 amide bonds. The number of methoxy groups -OCH3 is 2. The first-order valence-corrected chi connectivity index (χ1v) is 14.0. The van der Waals surface area contributed by atoms with E-state index in [0.29, 0.717) is 24.2 Å². The highest BCUT2D eigenvalue weighted by molar-refractivity contribution is 6.42. The van der Waals surface area contributed by atoms with Crippen molar-refractivity contribution < 1.29 is 33.7 Å². The minimum atomic E-state index is -0.923. The van der Waals surface area contributed by atoms with Crippen molar-refractivity contribution in [3.63, 3.8) is 0 Å². The molecule has 1 aromatic heterocycles. The number of alkyl carbamates (subject to hydrolysis) is 1. The van der Waals surface area contributed by atoms with Gasteiger partial charge in [0.2, 0.25) is 5.95 Å². The second kappa shape index (κ2) is 12.3. The molecule has 15 heteroatoms. The fraction of sp³-hybridized carbons (Fsp3) is 0.519. The molecule has 4 rings (SSSR count). The predicted octanol–water partition coefficient (Wildman–Crippen LogP) is 4.94. The SMILES string of the molecule is COc1cc(OC)c(Cl)c(N2Cc3cnc(N[C@@H]4CC[C@@H](C(=O)O)C[C@@H]4NC(=O)OC(C)(C)C)nc3N(C)C2=O)c1Cl. The van der Waals surface area contributed by atoms with Gasteiger partial charge in [0.15, 0.2) is 0 Å². The highest BCUT2D eigenvalue weighted by Gasteiger charge is 2.38. The summed E-state index contributed by atoms with van der Waals surface area (Å²) in [5.74, 6) is -0.374. The molecule has 1 aliphatic carbocycles. The quantitative estimate of drug-likeness (QED) is 0.386. The molecule has 13 nitrogen and oxygen atoms in total. The van der Waals surface area contributed by atoms with Crippen molar-refractivity contribution in [2.75, 3.05) is 36.4 Å². The van der Waals surface area contributed by atoms with Gasteiger partial charge in [-0.3, -0.25) is 14.6 Å². The van der Waals surface area contributed by atoms with Crippen LogP contribution in [0.2, 0.25) is 10.0 Å². The maximum Gasteiger partial charge on any atom is 0.407 e. The van der Waals surface area contributed by atoms with Gasteiger partial charge in [-0.25, -0.2) is 14.6 Å². The maximum atomic E-state index is 13.5. The van der Waals surface area contributed by atoms with Crippen LogP contribution in [0.5, 0.6) is 11.5 Å². The molecular weight excluding hydrogens is 591 g/mol. The highest BCUT2D eigenvalue weighted by Crippen LogP contribution is 2.47. The van der Waals surface area contributed by atoms with Crippen LogP contribution in [-0.4, -0.2) is 72.1 Å². The lowest BCUT2D eigenvalue weighted by Gasteiger charge is -2.37. The number of halogens is 2. The number of hydrogen-bond acceptors (Lipinski definition) is 9. The number of anilines is 3. The maximum absolute atomic E-state index is 13.5. The molecule has 3 N–H and O–H groups in total. The third kappa shape index (κ3) is 6.51. The van der Waals surface area contributed by atoms with E-state index >= 15 is 0 Å². The predicted molar refractivity (Wildman–Crippen MR) is 157 cm³/mol. The normalized spacial score (nSPS) is 20.5. The number of rotatable bonds is 7. The molecule has 2 aromatic rings. The van der Waals surface area contributed by atoms with Gasteiger partial charge in [0, 0.05) is 30.9 Å². The second-order valence-electron chi connectivity index (χ2n) is 11.1. The standard InChI is InChI=1S/C27H34Cl2N6O7/c1-27(2,3)42-25(38)32-16-9-13(23(36)37)7-8-15(16)31-24-30-11-14-12-35(26(39)34(4)22(14)33-24)21-19(28)17(40-5)10-18(41-6)20(21)29/h10-11,13,15-16H,7-9,12H2,1-6H3,(H,32,38)(H,36,37)(H,30,31,33)/t13-,15-,16+/m1/s1. The third-order valence-corrected chi connectivity index (χ3v) is 7.77. The fourth-order valence-electron chi connectivity index (χ4n) is 5.02. The number of carbonyl (C=O) groups is 3. The number of benzene rings is 1. The van der Waals surface area contributed by atoms with Crippen LogP contribution in [-0.2, 0) is 16.1 Å². The molecule has 0 bridgehead atoms. The summed E-state index contributed by atoms with van der Waals surface area (Å²) in [7, 11) is 4.46. The van der Waals surface area contributed by atoms with Gasteiger partial charge in [-0.2, -0.15) is 4.98 Å². The number of carbonyl (C=O) groups excluding carboxylic acids is 2. The van der Waals surface area contributed by atoms with Crippen molar-refractivity contribution in [2.45, 2.75) is 64.3 Å². The van der Waals surface area contributed by atoms with Crippen molar-refractivity contribution in [3.05, 3.63) is 27.9 Å². The van der Waals surface area contributed by atoms with Gasteiger partial charge in [-0.1, -0.05) is 23.2 Å². The van der Waals surface area contributed by atoms with Gasteiger partial charge >= 0.3 is 18.1 Å². The largest absolute Gasteiger partial charge is 0.495 e. The van der Waals surface area contributed by atoms with Crippen molar-refractivity contribution in [2.24, 2.45) is 5.92 Å². The van der Waals surface area contributed by atoms with Gasteiger partial charge in [0.05, 0.1) is 38.4 Å². The lowest BCUT2D eigenvalue weighted by Crippen LogP contribution is -2.52. The molecule has 0 unspecified atom stereocenters. The van der Waals surface area contributed by atoms with Crippen LogP contribution in [0.15, 0.2) is 12.3 Å². The number of urea groups is 1. The van der Waals surface area contributed by atoms with E-state index in [1.165, 1.54) is 30.1 Å². The first kappa shape index (κ1) is 31.2. The van der Waals surface area contributed by atoms with E-state index in [4.69, 9.17) is 37.4 Å². The zero-order chi connectivity index (χ0) is 30.9. The van der Waals surface area contributed by atoms with Crippen LogP contribution in [0.3, 0.4) is 0 Å². The number of ether oxygens (including phenoxy) is 3. The van der Waals surface area contributed by atoms with Crippen LogP contribution in [0, 0.1) is 5.92 Å². The number of nitrogens with one attached hydrogen (secondary N) is 2. The fourth-order valence-corrected chi connectivity index (χ4v) is 5.72. The van der Waals surface area contributed by atoms with E-state index in [0.717, 1.165) is 0 Å². The van der Waals surface area contributed by atoms with Crippen molar-refractivity contribution in [3.8, 4) is 11.5 Å². The summed E-state index contributed by atoms with van der Waals surface area (Å²) in [5, 5.41) is 15.9. The Bertz CT molecular complexity index is 1360. The Labute approximate surface area is 253 Å². The topological polar surface area (TPSA) is 155 Å². The van der Waals surface area contributed by atoms with E-state index in [1.54, 1.807) is 34.0 Å². The minimum absolute atomic E-state index is 0.0705. The summed E-state index contributed by atoms with van der Waals surface area (Å²) in [6.07, 6.45) is 1.99. The molecule has 0 radical (unpaired) electrons. The number of amides is 3. The van der Waals surface area contributed by atoms with Crippen LogP contribution in [0.25, 0.3) is 0 Å². The van der Waals surface area contributed by atoms with Crippen LogP contribution in [0.4, 0.5) is 27.0 Å². The summed E-state index contributed by atoms with van der Waals surface area (Å²) >= 11 is 13.1. The van der Waals surface area contributed by atoms with Crippen molar-refractivity contribution >= 4 is 58.7 Å². The molecular formula is C27H34Cl2N6O7. The molecule has 1 aromatic carbocycles. The van der Waals surface area contributed by atoms with E-state index in [2.05, 4.69) is 20.6 Å². The molecule has 1 fully saturated rings. The van der Waals surface area contributed by atoms with Crippen LogP contribution >= 0.6 is 23.2 Å². The van der Waals surface area contributed by atoms with Crippen LogP contribution < -0.4 is 29.9 Å². The molecule has 1 aliphatic heterocycles. The summed E-state index contributed by atoms with van der Waals surface area (Å²) in [6, 6.07) is 0.152. The number of fused-ring (bicyclic) bond motifs is 1. The van der Waals surface area contributed by atoms with E-state index in [-0.39, 0.29) is 52.2 Å². The number of aromatic nitrogens is 2. The average Bonchev–Trinajstić information content (AvgIpc) is 2.91. The van der Waals surface area contributed by atoms with Gasteiger partial charge in [-0.05, 0) is 40.0 Å². The molecule has 0 saturated heterocycles. The number of nitrogens with zero attached hydrogens (tertiary/aromatic N) is 4. The van der Waals surface area contributed by atoms with Gasteiger partial charge in [0.1, 0.15) is 33.0 Å².